The molecule has 3 nitrogen and oxygen atoms in total. The van der Waals surface area contributed by atoms with Crippen molar-refractivity contribution in [2.24, 2.45) is 5.92 Å². The van der Waals surface area contributed by atoms with E-state index in [0.29, 0.717) is 6.42 Å². The lowest BCUT2D eigenvalue weighted by molar-refractivity contribution is 0.0887. The molecule has 0 radical (unpaired) electrons. The third-order valence-corrected chi connectivity index (χ3v) is 7.73. The van der Waals surface area contributed by atoms with Gasteiger partial charge < -0.3 is 5.11 Å². The first-order chi connectivity index (χ1) is 8.79. The van der Waals surface area contributed by atoms with Crippen LogP contribution in [0.1, 0.15) is 42.2 Å². The van der Waals surface area contributed by atoms with Gasteiger partial charge in [-0.05, 0) is 59.7 Å². The maximum Gasteiger partial charge on any atom is 0.150 e. The zero-order chi connectivity index (χ0) is 14.2. The minimum atomic E-state index is -2.99. The van der Waals surface area contributed by atoms with Gasteiger partial charge in [0.25, 0.3) is 0 Å². The SMILES string of the molecule is Cc1cc(C(O)C2CCCC(S(C)(=O)=O)C2)sc1Br. The van der Waals surface area contributed by atoms with Crippen molar-refractivity contribution in [1.82, 2.24) is 0 Å². The van der Waals surface area contributed by atoms with Gasteiger partial charge in [-0.2, -0.15) is 0 Å². The van der Waals surface area contributed by atoms with E-state index < -0.39 is 15.9 Å². The summed E-state index contributed by atoms with van der Waals surface area (Å²) in [6.07, 6.45) is 3.86. The fraction of sp³-hybridized carbons (Fsp3) is 0.692. The van der Waals surface area contributed by atoms with Crippen molar-refractivity contribution in [2.75, 3.05) is 6.26 Å². The van der Waals surface area contributed by atoms with Crippen molar-refractivity contribution in [2.45, 2.75) is 44.0 Å². The largest absolute Gasteiger partial charge is 0.387 e. The molecule has 3 unspecified atom stereocenters. The van der Waals surface area contributed by atoms with E-state index in [-0.39, 0.29) is 11.2 Å². The predicted molar refractivity (Wildman–Crippen MR) is 82.3 cm³/mol. The highest BCUT2D eigenvalue weighted by molar-refractivity contribution is 9.11. The van der Waals surface area contributed by atoms with Crippen LogP contribution >= 0.6 is 27.3 Å². The van der Waals surface area contributed by atoms with Gasteiger partial charge in [-0.3, -0.25) is 0 Å². The van der Waals surface area contributed by atoms with E-state index in [2.05, 4.69) is 15.9 Å². The zero-order valence-electron chi connectivity index (χ0n) is 11.1. The van der Waals surface area contributed by atoms with Gasteiger partial charge in [-0.25, -0.2) is 8.42 Å². The Morgan fingerprint density at radius 1 is 1.47 bits per heavy atom. The number of hydrogen-bond acceptors (Lipinski definition) is 4. The number of sulfone groups is 1. The highest BCUT2D eigenvalue weighted by atomic mass is 79.9. The van der Waals surface area contributed by atoms with E-state index in [4.69, 9.17) is 0 Å². The van der Waals surface area contributed by atoms with Gasteiger partial charge in [0.05, 0.1) is 15.1 Å². The van der Waals surface area contributed by atoms with Crippen molar-refractivity contribution in [3.63, 3.8) is 0 Å². The maximum absolute atomic E-state index is 11.7. The minimum Gasteiger partial charge on any atom is -0.387 e. The lowest BCUT2D eigenvalue weighted by Crippen LogP contribution is -2.30. The Morgan fingerprint density at radius 3 is 2.68 bits per heavy atom. The fourth-order valence-corrected chi connectivity index (χ4v) is 5.56. The molecule has 6 heteroatoms. The van der Waals surface area contributed by atoms with E-state index >= 15 is 0 Å². The van der Waals surface area contributed by atoms with Crippen LogP contribution in [0.25, 0.3) is 0 Å². The van der Waals surface area contributed by atoms with Crippen LogP contribution < -0.4 is 0 Å². The lowest BCUT2D eigenvalue weighted by Gasteiger charge is -2.30. The summed E-state index contributed by atoms with van der Waals surface area (Å²) in [5.74, 6) is 0.0541. The normalized spacial score (nSPS) is 26.3. The summed E-state index contributed by atoms with van der Waals surface area (Å²) >= 11 is 5.01. The molecule has 19 heavy (non-hydrogen) atoms. The Bertz CT molecular complexity index is 531. The Morgan fingerprint density at radius 2 is 2.16 bits per heavy atom. The van der Waals surface area contributed by atoms with Crippen molar-refractivity contribution in [3.8, 4) is 0 Å². The molecule has 3 atom stereocenters. The summed E-state index contributed by atoms with van der Waals surface area (Å²) in [4.78, 5) is 0.934. The molecule has 1 saturated carbocycles. The summed E-state index contributed by atoms with van der Waals surface area (Å²) in [5.41, 5.74) is 1.12. The zero-order valence-corrected chi connectivity index (χ0v) is 14.3. The summed E-state index contributed by atoms with van der Waals surface area (Å²) < 4.78 is 24.4. The van der Waals surface area contributed by atoms with Gasteiger partial charge in [0.15, 0.2) is 0 Å². The quantitative estimate of drug-likeness (QED) is 0.890. The van der Waals surface area contributed by atoms with Crippen molar-refractivity contribution in [3.05, 3.63) is 20.3 Å². The Kier molecular flexibility index (Phi) is 4.75. The van der Waals surface area contributed by atoms with E-state index in [1.807, 2.05) is 13.0 Å². The smallest absolute Gasteiger partial charge is 0.150 e. The van der Waals surface area contributed by atoms with Gasteiger partial charge in [-0.15, -0.1) is 11.3 Å². The number of thiophene rings is 1. The molecule has 1 aromatic heterocycles. The second kappa shape index (κ2) is 5.84. The van der Waals surface area contributed by atoms with Crippen molar-refractivity contribution < 1.29 is 13.5 Å². The molecule has 0 amide bonds. The monoisotopic (exact) mass is 366 g/mol. The van der Waals surface area contributed by atoms with Gasteiger partial charge in [0, 0.05) is 11.1 Å². The van der Waals surface area contributed by atoms with E-state index in [0.717, 1.165) is 33.5 Å². The van der Waals surface area contributed by atoms with E-state index in [9.17, 15) is 13.5 Å². The molecule has 2 rings (SSSR count). The summed E-state index contributed by atoms with van der Waals surface area (Å²) in [5, 5.41) is 10.2. The molecule has 0 aliphatic heterocycles. The predicted octanol–water partition coefficient (Wildman–Crippen LogP) is 3.46. The van der Waals surface area contributed by atoms with Crippen LogP contribution in [-0.4, -0.2) is 25.0 Å². The third kappa shape index (κ3) is 3.60. The van der Waals surface area contributed by atoms with Crippen molar-refractivity contribution in [1.29, 1.82) is 0 Å². The first kappa shape index (κ1) is 15.5. The van der Waals surface area contributed by atoms with Crippen LogP contribution in [-0.2, 0) is 9.84 Å². The highest BCUT2D eigenvalue weighted by Gasteiger charge is 2.33. The minimum absolute atomic E-state index is 0.0541. The van der Waals surface area contributed by atoms with Crippen LogP contribution in [0.15, 0.2) is 9.85 Å². The molecule has 1 aromatic rings. The molecule has 1 heterocycles. The first-order valence-electron chi connectivity index (χ1n) is 6.42. The maximum atomic E-state index is 11.7. The van der Waals surface area contributed by atoms with E-state index in [1.54, 1.807) is 11.3 Å². The number of aryl methyl sites for hydroxylation is 1. The molecule has 0 bridgehead atoms. The number of aliphatic hydroxyl groups is 1. The number of halogens is 1. The molecule has 1 fully saturated rings. The van der Waals surface area contributed by atoms with Gasteiger partial charge in [-0.1, -0.05) is 6.42 Å². The highest BCUT2D eigenvalue weighted by Crippen LogP contribution is 2.40. The molecule has 0 spiro atoms. The molecular weight excluding hydrogens is 348 g/mol. The molecule has 0 aromatic carbocycles. The number of hydrogen-bond donors (Lipinski definition) is 1. The van der Waals surface area contributed by atoms with Gasteiger partial charge >= 0.3 is 0 Å². The lowest BCUT2D eigenvalue weighted by atomic mass is 9.84. The molecule has 1 aliphatic rings. The summed E-state index contributed by atoms with van der Waals surface area (Å²) in [7, 11) is -2.99. The van der Waals surface area contributed by atoms with Crippen LogP contribution in [0.2, 0.25) is 0 Å². The third-order valence-electron chi connectivity index (χ3n) is 3.89. The fourth-order valence-electron chi connectivity index (χ4n) is 2.72. The number of aliphatic hydroxyl groups excluding tert-OH is 1. The van der Waals surface area contributed by atoms with Gasteiger partial charge in [0.1, 0.15) is 9.84 Å². The first-order valence-corrected chi connectivity index (χ1v) is 9.98. The summed E-state index contributed by atoms with van der Waals surface area (Å²) in [6.45, 7) is 2.00. The topological polar surface area (TPSA) is 54.4 Å². The van der Waals surface area contributed by atoms with E-state index in [1.165, 1.54) is 6.26 Å². The summed E-state index contributed by atoms with van der Waals surface area (Å²) in [6, 6.07) is 1.99. The Hall–Kier alpha value is 0.0900. The standard InChI is InChI=1S/C13H19BrO3S2/c1-8-6-11(18-13(8)14)12(15)9-4-3-5-10(7-9)19(2,16)17/h6,9-10,12,15H,3-5,7H2,1-2H3. The molecule has 0 saturated heterocycles. The van der Waals surface area contributed by atoms with Crippen LogP contribution in [0.3, 0.4) is 0 Å². The number of rotatable bonds is 3. The van der Waals surface area contributed by atoms with Crippen LogP contribution in [0.4, 0.5) is 0 Å². The second-order valence-electron chi connectivity index (χ2n) is 5.43. The molecule has 1 aliphatic carbocycles. The van der Waals surface area contributed by atoms with Crippen molar-refractivity contribution >= 4 is 37.1 Å². The molecular formula is C13H19BrO3S2. The average Bonchev–Trinajstić information content (AvgIpc) is 2.68. The molecule has 1 N–H and O–H groups in total. The molecule has 108 valence electrons. The van der Waals surface area contributed by atoms with Crippen LogP contribution in [0.5, 0.6) is 0 Å². The Balaban J connectivity index is 2.13. The van der Waals surface area contributed by atoms with Gasteiger partial charge in [0.2, 0.25) is 0 Å². The Labute approximate surface area is 127 Å². The second-order valence-corrected chi connectivity index (χ2v) is 10.2. The average molecular weight is 367 g/mol. The van der Waals surface area contributed by atoms with Crippen LogP contribution in [0, 0.1) is 12.8 Å².